The maximum absolute atomic E-state index is 11.8. The number of carbonyl (C=O) groups is 1. The molecule has 1 aromatic rings. The molecule has 0 unspecified atom stereocenters. The molecule has 0 aliphatic heterocycles. The molecule has 0 saturated heterocycles. The lowest BCUT2D eigenvalue weighted by atomic mass is 10.1. The summed E-state index contributed by atoms with van der Waals surface area (Å²) in [7, 11) is 0. The highest BCUT2D eigenvalue weighted by Crippen LogP contribution is 2.09. The van der Waals surface area contributed by atoms with Crippen LogP contribution >= 0.6 is 0 Å². The molecule has 0 radical (unpaired) electrons. The van der Waals surface area contributed by atoms with E-state index in [0.717, 1.165) is 51.6 Å². The summed E-state index contributed by atoms with van der Waals surface area (Å²) in [5.41, 5.74) is 0. The van der Waals surface area contributed by atoms with Crippen LogP contribution in [0, 0.1) is 23.7 Å². The fourth-order valence-corrected chi connectivity index (χ4v) is 3.76. The predicted octanol–water partition coefficient (Wildman–Crippen LogP) is 7.05. The monoisotopic (exact) mass is 453 g/mol. The highest BCUT2D eigenvalue weighted by Gasteiger charge is 2.00. The van der Waals surface area contributed by atoms with E-state index in [9.17, 15) is 4.79 Å². The van der Waals surface area contributed by atoms with Gasteiger partial charge in [-0.3, -0.25) is 4.79 Å². The van der Waals surface area contributed by atoms with Gasteiger partial charge in [0.1, 0.15) is 0 Å². The van der Waals surface area contributed by atoms with Crippen LogP contribution in [0.15, 0.2) is 18.7 Å². The molecule has 0 aliphatic carbocycles. The van der Waals surface area contributed by atoms with Crippen molar-refractivity contribution >= 4 is 5.91 Å². The average Bonchev–Trinajstić information content (AvgIpc) is 3.34. The summed E-state index contributed by atoms with van der Waals surface area (Å²) >= 11 is 0. The van der Waals surface area contributed by atoms with Crippen molar-refractivity contribution in [3.8, 4) is 23.7 Å². The van der Waals surface area contributed by atoms with Gasteiger partial charge in [0, 0.05) is 44.7 Å². The number of aromatic nitrogens is 2. The predicted molar refractivity (Wildman–Crippen MR) is 140 cm³/mol. The highest BCUT2D eigenvalue weighted by atomic mass is 16.1. The third kappa shape index (κ3) is 20.2. The van der Waals surface area contributed by atoms with Crippen molar-refractivity contribution in [2.75, 3.05) is 6.54 Å². The lowest BCUT2D eigenvalue weighted by Gasteiger charge is -2.06. The summed E-state index contributed by atoms with van der Waals surface area (Å²) in [5, 5.41) is 3.01. The summed E-state index contributed by atoms with van der Waals surface area (Å²) in [6, 6.07) is 0. The Bertz CT molecular complexity index is 688. The smallest absolute Gasteiger partial charge is 0.219 e. The van der Waals surface area contributed by atoms with Gasteiger partial charge in [0.2, 0.25) is 5.91 Å². The minimum Gasteiger partial charge on any atom is -0.356 e. The van der Waals surface area contributed by atoms with E-state index in [1.807, 2.05) is 17.1 Å². The van der Waals surface area contributed by atoms with Crippen LogP contribution in [0.3, 0.4) is 0 Å². The maximum atomic E-state index is 11.8. The van der Waals surface area contributed by atoms with E-state index in [4.69, 9.17) is 0 Å². The van der Waals surface area contributed by atoms with Gasteiger partial charge < -0.3 is 9.88 Å². The third-order valence-corrected chi connectivity index (χ3v) is 5.82. The van der Waals surface area contributed by atoms with Crippen molar-refractivity contribution in [2.45, 2.75) is 129 Å². The van der Waals surface area contributed by atoms with Crippen LogP contribution in [-0.4, -0.2) is 22.0 Å². The lowest BCUT2D eigenvalue weighted by molar-refractivity contribution is -0.121. The Labute approximate surface area is 203 Å². The molecule has 0 spiro atoms. The zero-order chi connectivity index (χ0) is 23.7. The van der Waals surface area contributed by atoms with E-state index in [0.29, 0.717) is 6.42 Å². The molecule has 184 valence electrons. The summed E-state index contributed by atoms with van der Waals surface area (Å²) in [4.78, 5) is 15.9. The van der Waals surface area contributed by atoms with Gasteiger partial charge in [-0.1, -0.05) is 89.4 Å². The zero-order valence-electron chi connectivity index (χ0n) is 21.2. The Morgan fingerprint density at radius 2 is 1.36 bits per heavy atom. The van der Waals surface area contributed by atoms with Crippen LogP contribution in [-0.2, 0) is 11.3 Å². The molecule has 4 nitrogen and oxygen atoms in total. The first-order chi connectivity index (χ1) is 16.3. The minimum absolute atomic E-state index is 0.180. The second kappa shape index (κ2) is 23.0. The molecule has 0 saturated carbocycles. The standard InChI is InChI=1S/C29H47N3O/c1-2-3-4-5-6-7-8-9-10-11-12-13-14-15-16-17-18-19-20-21-23-29(33)31-24-22-26-32-27-25-30-28-32/h25,27-28H,2-10,15-24,26H2,1H3,(H,31,33). The second-order valence-electron chi connectivity index (χ2n) is 8.95. The SMILES string of the molecule is CCCCCCCCCCC#CC#CCCCCCCCCC(=O)NCCCn1ccnc1. The van der Waals surface area contributed by atoms with E-state index in [1.54, 1.807) is 6.20 Å². The van der Waals surface area contributed by atoms with E-state index in [2.05, 4.69) is 40.9 Å². The summed E-state index contributed by atoms with van der Waals surface area (Å²) in [6.07, 6.45) is 26.8. The number of nitrogens with zero attached hydrogens (tertiary/aromatic N) is 2. The molecule has 33 heavy (non-hydrogen) atoms. The molecule has 0 bridgehead atoms. The Balaban J connectivity index is 1.79. The first-order valence-electron chi connectivity index (χ1n) is 13.5. The van der Waals surface area contributed by atoms with Crippen molar-refractivity contribution in [1.82, 2.24) is 14.9 Å². The first kappa shape index (κ1) is 28.8. The van der Waals surface area contributed by atoms with Crippen LogP contribution in [0.2, 0.25) is 0 Å². The second-order valence-corrected chi connectivity index (χ2v) is 8.95. The van der Waals surface area contributed by atoms with Crippen molar-refractivity contribution in [3.63, 3.8) is 0 Å². The topological polar surface area (TPSA) is 46.9 Å². The van der Waals surface area contributed by atoms with Crippen molar-refractivity contribution in [3.05, 3.63) is 18.7 Å². The van der Waals surface area contributed by atoms with Crippen LogP contribution in [0.5, 0.6) is 0 Å². The fourth-order valence-electron chi connectivity index (χ4n) is 3.76. The largest absolute Gasteiger partial charge is 0.356 e. The van der Waals surface area contributed by atoms with Crippen LogP contribution in [0.25, 0.3) is 0 Å². The van der Waals surface area contributed by atoms with Crippen LogP contribution in [0.1, 0.15) is 122 Å². The molecule has 1 rings (SSSR count). The van der Waals surface area contributed by atoms with Gasteiger partial charge in [0.05, 0.1) is 6.33 Å². The maximum Gasteiger partial charge on any atom is 0.219 e. The first-order valence-corrected chi connectivity index (χ1v) is 13.5. The quantitative estimate of drug-likeness (QED) is 0.170. The Morgan fingerprint density at radius 3 is 1.94 bits per heavy atom. The third-order valence-electron chi connectivity index (χ3n) is 5.82. The Hall–Kier alpha value is -2.20. The van der Waals surface area contributed by atoms with E-state index in [1.165, 1.54) is 70.6 Å². The molecule has 1 N–H and O–H groups in total. The molecule has 1 heterocycles. The number of hydrogen-bond acceptors (Lipinski definition) is 2. The normalized spacial score (nSPS) is 10.2. The lowest BCUT2D eigenvalue weighted by Crippen LogP contribution is -2.24. The van der Waals surface area contributed by atoms with E-state index >= 15 is 0 Å². The fraction of sp³-hybridized carbons (Fsp3) is 0.724. The molecular formula is C29H47N3O. The van der Waals surface area contributed by atoms with Crippen molar-refractivity contribution in [1.29, 1.82) is 0 Å². The molecule has 1 amide bonds. The van der Waals surface area contributed by atoms with Gasteiger partial charge in [-0.15, -0.1) is 0 Å². The van der Waals surface area contributed by atoms with Gasteiger partial charge in [0.15, 0.2) is 0 Å². The molecule has 0 aliphatic rings. The number of unbranched alkanes of at least 4 members (excludes halogenated alkanes) is 14. The van der Waals surface area contributed by atoms with Gasteiger partial charge >= 0.3 is 0 Å². The Morgan fingerprint density at radius 1 is 0.788 bits per heavy atom. The summed E-state index contributed by atoms with van der Waals surface area (Å²) < 4.78 is 2.03. The van der Waals surface area contributed by atoms with Crippen LogP contribution in [0.4, 0.5) is 0 Å². The molecule has 0 aromatic carbocycles. The molecular weight excluding hydrogens is 406 g/mol. The van der Waals surface area contributed by atoms with Crippen molar-refractivity contribution in [2.24, 2.45) is 0 Å². The van der Waals surface area contributed by atoms with Gasteiger partial charge in [-0.2, -0.15) is 0 Å². The number of rotatable bonds is 20. The van der Waals surface area contributed by atoms with Gasteiger partial charge in [-0.25, -0.2) is 4.98 Å². The van der Waals surface area contributed by atoms with Gasteiger partial charge in [0.25, 0.3) is 0 Å². The van der Waals surface area contributed by atoms with E-state index in [-0.39, 0.29) is 5.91 Å². The number of aryl methyl sites for hydroxylation is 1. The average molecular weight is 454 g/mol. The molecule has 4 heteroatoms. The molecule has 1 aromatic heterocycles. The number of imidazole rings is 1. The highest BCUT2D eigenvalue weighted by molar-refractivity contribution is 5.75. The van der Waals surface area contributed by atoms with Crippen LogP contribution < -0.4 is 5.32 Å². The molecule has 0 atom stereocenters. The van der Waals surface area contributed by atoms with Gasteiger partial charge in [-0.05, 0) is 37.5 Å². The van der Waals surface area contributed by atoms with E-state index < -0.39 is 0 Å². The van der Waals surface area contributed by atoms with Crippen molar-refractivity contribution < 1.29 is 4.79 Å². The summed E-state index contributed by atoms with van der Waals surface area (Å²) in [6.45, 7) is 3.90. The Kier molecular flexibility index (Phi) is 20.1. The number of nitrogens with one attached hydrogen (secondary N) is 1. The minimum atomic E-state index is 0.180. The molecule has 0 fully saturated rings. The zero-order valence-corrected chi connectivity index (χ0v) is 21.2. The number of hydrogen-bond donors (Lipinski definition) is 1. The summed E-state index contributed by atoms with van der Waals surface area (Å²) in [5.74, 6) is 12.6. The number of carbonyl (C=O) groups excluding carboxylic acids is 1. The number of amides is 1.